The topological polar surface area (TPSA) is 50.8 Å². The zero-order chi connectivity index (χ0) is 16.9. The van der Waals surface area contributed by atoms with Gasteiger partial charge in [-0.25, -0.2) is 0 Å². The number of hydrogen-bond acceptors (Lipinski definition) is 4. The summed E-state index contributed by atoms with van der Waals surface area (Å²) in [6.45, 7) is 8.88. The molecule has 1 saturated heterocycles. The highest BCUT2D eigenvalue weighted by atomic mass is 16.6. The van der Waals surface area contributed by atoms with Gasteiger partial charge in [0, 0.05) is 31.1 Å². The number of nitrogens with one attached hydrogen (secondary N) is 1. The molecule has 1 amide bonds. The van der Waals surface area contributed by atoms with Crippen molar-refractivity contribution in [1.29, 1.82) is 0 Å². The van der Waals surface area contributed by atoms with E-state index in [1.165, 1.54) is 18.4 Å². The summed E-state index contributed by atoms with van der Waals surface area (Å²) in [5.41, 5.74) is 1.19. The molecule has 0 spiro atoms. The molecule has 2 aliphatic heterocycles. The number of rotatable bonds is 5. The predicted octanol–water partition coefficient (Wildman–Crippen LogP) is 2.44. The average molecular weight is 332 g/mol. The molecule has 24 heavy (non-hydrogen) atoms. The third-order valence-electron chi connectivity index (χ3n) is 4.73. The van der Waals surface area contributed by atoms with Gasteiger partial charge < -0.3 is 14.8 Å². The summed E-state index contributed by atoms with van der Waals surface area (Å²) in [5.74, 6) is 2.49. The Balaban J connectivity index is 1.57. The third-order valence-corrected chi connectivity index (χ3v) is 4.73. The fraction of sp³-hybridized carbons (Fsp3) is 0.632. The van der Waals surface area contributed by atoms with Crippen LogP contribution in [0.2, 0.25) is 0 Å². The second-order valence-corrected chi connectivity index (χ2v) is 7.08. The maximum absolute atomic E-state index is 11.8. The molecular formula is C19H28N2O3. The van der Waals surface area contributed by atoms with Gasteiger partial charge in [0.2, 0.25) is 5.91 Å². The number of para-hydroxylation sites is 1. The first-order chi connectivity index (χ1) is 11.6. The number of carbonyl (C=O) groups excluding carboxylic acids is 1. The van der Waals surface area contributed by atoms with Gasteiger partial charge >= 0.3 is 0 Å². The Hall–Kier alpha value is -1.75. The lowest BCUT2D eigenvalue weighted by Gasteiger charge is -2.33. The number of likely N-dealkylation sites (tertiary alicyclic amines) is 1. The number of ether oxygens (including phenoxy) is 2. The zero-order valence-electron chi connectivity index (χ0n) is 14.7. The fourth-order valence-electron chi connectivity index (χ4n) is 3.41. The molecule has 0 aliphatic carbocycles. The van der Waals surface area contributed by atoms with E-state index >= 15 is 0 Å². The van der Waals surface area contributed by atoms with E-state index in [1.807, 2.05) is 26.0 Å². The monoisotopic (exact) mass is 332 g/mol. The highest BCUT2D eigenvalue weighted by Gasteiger charge is 2.23. The van der Waals surface area contributed by atoms with E-state index in [0.29, 0.717) is 19.1 Å². The van der Waals surface area contributed by atoms with Crippen LogP contribution in [0.5, 0.6) is 11.5 Å². The summed E-state index contributed by atoms with van der Waals surface area (Å²) in [4.78, 5) is 14.2. The summed E-state index contributed by atoms with van der Waals surface area (Å²) < 4.78 is 11.5. The van der Waals surface area contributed by atoms with Gasteiger partial charge in [0.05, 0.1) is 0 Å². The summed E-state index contributed by atoms with van der Waals surface area (Å²) in [6, 6.07) is 6.13. The minimum absolute atomic E-state index is 0.0534. The Labute approximate surface area is 144 Å². The van der Waals surface area contributed by atoms with Gasteiger partial charge in [-0.3, -0.25) is 9.69 Å². The summed E-state index contributed by atoms with van der Waals surface area (Å²) >= 11 is 0. The molecule has 1 fully saturated rings. The first-order valence-electron chi connectivity index (χ1n) is 9.01. The number of carbonyl (C=O) groups is 1. The fourth-order valence-corrected chi connectivity index (χ4v) is 3.41. The zero-order valence-corrected chi connectivity index (χ0v) is 14.7. The van der Waals surface area contributed by atoms with Gasteiger partial charge in [0.25, 0.3) is 0 Å². The van der Waals surface area contributed by atoms with Crippen molar-refractivity contribution in [2.75, 3.05) is 32.8 Å². The van der Waals surface area contributed by atoms with Crippen LogP contribution in [0.15, 0.2) is 18.2 Å². The van der Waals surface area contributed by atoms with Crippen molar-refractivity contribution >= 4 is 5.91 Å². The molecule has 1 unspecified atom stereocenters. The van der Waals surface area contributed by atoms with Gasteiger partial charge in [-0.15, -0.1) is 0 Å². The average Bonchev–Trinajstić information content (AvgIpc) is 2.60. The molecule has 132 valence electrons. The second-order valence-electron chi connectivity index (χ2n) is 7.08. The highest BCUT2D eigenvalue weighted by molar-refractivity contribution is 5.77. The SMILES string of the molecule is CC(C)C(=O)NCC1CCCN(Cc2cccc3c2OCCO3)C1. The minimum atomic E-state index is 0.0534. The Morgan fingerprint density at radius 3 is 3.00 bits per heavy atom. The molecule has 2 heterocycles. The van der Waals surface area contributed by atoms with Gasteiger partial charge in [-0.05, 0) is 31.4 Å². The van der Waals surface area contributed by atoms with Crippen LogP contribution < -0.4 is 14.8 Å². The van der Waals surface area contributed by atoms with Crippen molar-refractivity contribution in [2.45, 2.75) is 33.2 Å². The first kappa shape index (κ1) is 17.1. The molecule has 2 aliphatic rings. The normalized spacial score (nSPS) is 20.9. The molecule has 0 aromatic heterocycles. The Morgan fingerprint density at radius 1 is 1.33 bits per heavy atom. The molecular weight excluding hydrogens is 304 g/mol. The lowest BCUT2D eigenvalue weighted by molar-refractivity contribution is -0.124. The maximum atomic E-state index is 11.8. The summed E-state index contributed by atoms with van der Waals surface area (Å²) in [5, 5.41) is 3.08. The Bertz CT molecular complexity index is 574. The van der Waals surface area contributed by atoms with Crippen LogP contribution in [0.4, 0.5) is 0 Å². The molecule has 0 radical (unpaired) electrons. The molecule has 5 heteroatoms. The van der Waals surface area contributed by atoms with Crippen molar-refractivity contribution in [2.24, 2.45) is 11.8 Å². The summed E-state index contributed by atoms with van der Waals surface area (Å²) in [6.07, 6.45) is 2.36. The van der Waals surface area contributed by atoms with Crippen LogP contribution in [-0.4, -0.2) is 43.7 Å². The van der Waals surface area contributed by atoms with E-state index in [4.69, 9.17) is 9.47 Å². The quantitative estimate of drug-likeness (QED) is 0.900. The molecule has 0 saturated carbocycles. The van der Waals surface area contributed by atoms with E-state index in [0.717, 1.165) is 37.7 Å². The first-order valence-corrected chi connectivity index (χ1v) is 9.01. The summed E-state index contributed by atoms with van der Waals surface area (Å²) in [7, 11) is 0. The predicted molar refractivity (Wildman–Crippen MR) is 93.3 cm³/mol. The molecule has 3 rings (SSSR count). The van der Waals surface area contributed by atoms with Crippen molar-refractivity contribution in [1.82, 2.24) is 10.2 Å². The van der Waals surface area contributed by atoms with Gasteiger partial charge in [0.1, 0.15) is 13.2 Å². The van der Waals surface area contributed by atoms with Gasteiger partial charge in [-0.2, -0.15) is 0 Å². The molecule has 1 aromatic rings. The molecule has 0 bridgehead atoms. The van der Waals surface area contributed by atoms with Crippen LogP contribution in [0.1, 0.15) is 32.3 Å². The van der Waals surface area contributed by atoms with Crippen LogP contribution in [0.25, 0.3) is 0 Å². The molecule has 1 N–H and O–H groups in total. The highest BCUT2D eigenvalue weighted by Crippen LogP contribution is 2.34. The van der Waals surface area contributed by atoms with Crippen LogP contribution in [0, 0.1) is 11.8 Å². The number of piperidine rings is 1. The van der Waals surface area contributed by atoms with E-state index in [-0.39, 0.29) is 11.8 Å². The number of nitrogens with zero attached hydrogens (tertiary/aromatic N) is 1. The number of benzene rings is 1. The number of fused-ring (bicyclic) bond motifs is 1. The molecule has 1 atom stereocenters. The smallest absolute Gasteiger partial charge is 0.222 e. The van der Waals surface area contributed by atoms with E-state index in [9.17, 15) is 4.79 Å². The van der Waals surface area contributed by atoms with Gasteiger partial charge in [0.15, 0.2) is 11.5 Å². The van der Waals surface area contributed by atoms with E-state index in [2.05, 4.69) is 16.3 Å². The van der Waals surface area contributed by atoms with Crippen LogP contribution >= 0.6 is 0 Å². The standard InChI is InChI=1S/C19H28N2O3/c1-14(2)19(22)20-11-15-5-4-8-21(12-15)13-16-6-3-7-17-18(16)24-10-9-23-17/h3,6-7,14-15H,4-5,8-13H2,1-2H3,(H,20,22). The van der Waals surface area contributed by atoms with E-state index < -0.39 is 0 Å². The van der Waals surface area contributed by atoms with Gasteiger partial charge in [-0.1, -0.05) is 26.0 Å². The van der Waals surface area contributed by atoms with Crippen molar-refractivity contribution in [3.05, 3.63) is 23.8 Å². The van der Waals surface area contributed by atoms with Crippen molar-refractivity contribution in [3.8, 4) is 11.5 Å². The van der Waals surface area contributed by atoms with Crippen molar-refractivity contribution in [3.63, 3.8) is 0 Å². The maximum Gasteiger partial charge on any atom is 0.222 e. The number of hydrogen-bond donors (Lipinski definition) is 1. The largest absolute Gasteiger partial charge is 0.486 e. The molecule has 5 nitrogen and oxygen atoms in total. The second kappa shape index (κ2) is 7.88. The lowest BCUT2D eigenvalue weighted by Crippen LogP contribution is -2.41. The van der Waals surface area contributed by atoms with Crippen LogP contribution in [-0.2, 0) is 11.3 Å². The van der Waals surface area contributed by atoms with Crippen molar-refractivity contribution < 1.29 is 14.3 Å². The molecule has 1 aromatic carbocycles. The van der Waals surface area contributed by atoms with E-state index in [1.54, 1.807) is 0 Å². The Morgan fingerprint density at radius 2 is 2.17 bits per heavy atom. The minimum Gasteiger partial charge on any atom is -0.486 e. The third kappa shape index (κ3) is 4.20. The lowest BCUT2D eigenvalue weighted by atomic mass is 9.97. The number of amides is 1. The van der Waals surface area contributed by atoms with Crippen LogP contribution in [0.3, 0.4) is 0 Å². The Kier molecular flexibility index (Phi) is 5.61.